The summed E-state index contributed by atoms with van der Waals surface area (Å²) in [4.78, 5) is 2.19. The van der Waals surface area contributed by atoms with Crippen LogP contribution in [0.4, 0.5) is 5.00 Å². The molecule has 0 spiro atoms. The zero-order valence-electron chi connectivity index (χ0n) is 7.25. The normalized spacial score (nSPS) is 13.0. The first-order valence-corrected chi connectivity index (χ1v) is 5.49. The van der Waals surface area contributed by atoms with Crippen molar-refractivity contribution in [2.45, 2.75) is 13.0 Å². The smallest absolute Gasteiger partial charge is 0.0920 e. The molecule has 0 bridgehead atoms. The van der Waals surface area contributed by atoms with Crippen molar-refractivity contribution in [1.82, 2.24) is 0 Å². The van der Waals surface area contributed by atoms with Gasteiger partial charge >= 0.3 is 0 Å². The van der Waals surface area contributed by atoms with Gasteiger partial charge < -0.3 is 10.6 Å². The Morgan fingerprint density at radius 2 is 2.42 bits per heavy atom. The molecule has 1 aromatic rings. The van der Waals surface area contributed by atoms with E-state index in [0.717, 1.165) is 4.47 Å². The lowest BCUT2D eigenvalue weighted by Gasteiger charge is -2.23. The number of thiophene rings is 1. The Bertz CT molecular complexity index is 249. The first-order valence-electron chi connectivity index (χ1n) is 3.82. The van der Waals surface area contributed by atoms with E-state index >= 15 is 0 Å². The topological polar surface area (TPSA) is 29.3 Å². The highest BCUT2D eigenvalue weighted by molar-refractivity contribution is 9.10. The molecular weight excluding hydrogens is 236 g/mol. The molecule has 0 radical (unpaired) electrons. The third-order valence-electron chi connectivity index (χ3n) is 1.90. The molecule has 1 heterocycles. The van der Waals surface area contributed by atoms with Crippen LogP contribution >= 0.6 is 27.3 Å². The minimum atomic E-state index is 0.399. The van der Waals surface area contributed by atoms with Crippen LogP contribution in [0.15, 0.2) is 15.9 Å². The molecule has 1 atom stereocenters. The molecule has 0 aliphatic rings. The summed E-state index contributed by atoms with van der Waals surface area (Å²) >= 11 is 5.15. The summed E-state index contributed by atoms with van der Waals surface area (Å²) in [6.07, 6.45) is 0. The fraction of sp³-hybridized carbons (Fsp3) is 0.500. The van der Waals surface area contributed by atoms with E-state index in [1.54, 1.807) is 11.3 Å². The maximum atomic E-state index is 5.57. The Hall–Kier alpha value is -0.0600. The number of nitrogens with two attached hydrogens (primary N) is 1. The van der Waals surface area contributed by atoms with Crippen LogP contribution < -0.4 is 10.6 Å². The SMILES string of the molecule is CC(CN)N(C)c1cc(Br)cs1. The molecule has 68 valence electrons. The third kappa shape index (κ3) is 2.21. The van der Waals surface area contributed by atoms with Gasteiger partial charge in [-0.3, -0.25) is 0 Å². The number of anilines is 1. The number of likely N-dealkylation sites (N-methyl/N-ethyl adjacent to an activating group) is 1. The zero-order chi connectivity index (χ0) is 9.14. The fourth-order valence-electron chi connectivity index (χ4n) is 0.863. The van der Waals surface area contributed by atoms with Crippen LogP contribution in [0.25, 0.3) is 0 Å². The fourth-order valence-corrected chi connectivity index (χ4v) is 2.35. The molecule has 1 aromatic heterocycles. The predicted octanol–water partition coefficient (Wildman–Crippen LogP) is 2.29. The lowest BCUT2D eigenvalue weighted by molar-refractivity contribution is 0.700. The monoisotopic (exact) mass is 248 g/mol. The lowest BCUT2D eigenvalue weighted by atomic mass is 10.3. The largest absolute Gasteiger partial charge is 0.363 e. The van der Waals surface area contributed by atoms with Gasteiger partial charge in [0.1, 0.15) is 0 Å². The van der Waals surface area contributed by atoms with E-state index in [4.69, 9.17) is 5.73 Å². The van der Waals surface area contributed by atoms with Crippen LogP contribution in [0.3, 0.4) is 0 Å². The molecular formula is C8H13BrN2S. The van der Waals surface area contributed by atoms with Crippen molar-refractivity contribution >= 4 is 32.3 Å². The minimum Gasteiger partial charge on any atom is -0.363 e. The maximum absolute atomic E-state index is 5.57. The Kier molecular flexibility index (Phi) is 3.55. The molecule has 4 heteroatoms. The van der Waals surface area contributed by atoms with E-state index in [0.29, 0.717) is 12.6 Å². The second-order valence-corrected chi connectivity index (χ2v) is 4.60. The van der Waals surface area contributed by atoms with Crippen molar-refractivity contribution in [3.8, 4) is 0 Å². The van der Waals surface area contributed by atoms with Gasteiger partial charge in [-0.2, -0.15) is 0 Å². The van der Waals surface area contributed by atoms with Crippen molar-refractivity contribution in [2.24, 2.45) is 5.73 Å². The molecule has 0 saturated heterocycles. The highest BCUT2D eigenvalue weighted by Crippen LogP contribution is 2.28. The molecule has 12 heavy (non-hydrogen) atoms. The Morgan fingerprint density at radius 3 is 2.83 bits per heavy atom. The Balaban J connectivity index is 2.70. The summed E-state index contributed by atoms with van der Waals surface area (Å²) in [5, 5.41) is 3.33. The van der Waals surface area contributed by atoms with Gasteiger partial charge in [-0.1, -0.05) is 0 Å². The molecule has 2 N–H and O–H groups in total. The van der Waals surface area contributed by atoms with Crippen LogP contribution in [-0.2, 0) is 0 Å². The number of hydrogen-bond donors (Lipinski definition) is 1. The molecule has 0 fully saturated rings. The van der Waals surface area contributed by atoms with E-state index in [1.807, 2.05) is 0 Å². The molecule has 0 aliphatic carbocycles. The van der Waals surface area contributed by atoms with Crippen molar-refractivity contribution in [2.75, 3.05) is 18.5 Å². The van der Waals surface area contributed by atoms with Gasteiger partial charge in [-0.05, 0) is 28.9 Å². The molecule has 1 rings (SSSR count). The molecule has 1 unspecified atom stereocenters. The summed E-state index contributed by atoms with van der Waals surface area (Å²) in [6, 6.07) is 2.51. The van der Waals surface area contributed by atoms with Crippen molar-refractivity contribution in [3.63, 3.8) is 0 Å². The van der Waals surface area contributed by atoms with E-state index in [1.165, 1.54) is 5.00 Å². The van der Waals surface area contributed by atoms with Gasteiger partial charge in [0.2, 0.25) is 0 Å². The summed E-state index contributed by atoms with van der Waals surface area (Å²) in [5.41, 5.74) is 5.57. The molecule has 2 nitrogen and oxygen atoms in total. The highest BCUT2D eigenvalue weighted by atomic mass is 79.9. The van der Waals surface area contributed by atoms with Gasteiger partial charge in [-0.25, -0.2) is 0 Å². The van der Waals surface area contributed by atoms with Crippen LogP contribution in [0.2, 0.25) is 0 Å². The second-order valence-electron chi connectivity index (χ2n) is 2.80. The first-order chi connectivity index (χ1) is 5.65. The number of hydrogen-bond acceptors (Lipinski definition) is 3. The van der Waals surface area contributed by atoms with Gasteiger partial charge in [0.05, 0.1) is 5.00 Å². The van der Waals surface area contributed by atoms with Gasteiger partial charge in [-0.15, -0.1) is 11.3 Å². The Labute approximate surface area is 85.5 Å². The van der Waals surface area contributed by atoms with Crippen molar-refractivity contribution in [1.29, 1.82) is 0 Å². The van der Waals surface area contributed by atoms with Crippen LogP contribution in [0.5, 0.6) is 0 Å². The quantitative estimate of drug-likeness (QED) is 0.890. The van der Waals surface area contributed by atoms with Gasteiger partial charge in [0, 0.05) is 29.5 Å². The average molecular weight is 249 g/mol. The maximum Gasteiger partial charge on any atom is 0.0920 e. The summed E-state index contributed by atoms with van der Waals surface area (Å²) in [5.74, 6) is 0. The summed E-state index contributed by atoms with van der Waals surface area (Å²) in [6.45, 7) is 2.81. The number of halogens is 1. The standard InChI is InChI=1S/C8H13BrN2S/c1-6(4-10)11(2)8-3-7(9)5-12-8/h3,5-6H,4,10H2,1-2H3. The van der Waals surface area contributed by atoms with Crippen LogP contribution in [0, 0.1) is 0 Å². The minimum absolute atomic E-state index is 0.399. The molecule has 0 saturated carbocycles. The van der Waals surface area contributed by atoms with Gasteiger partial charge in [0.25, 0.3) is 0 Å². The molecule has 0 aliphatic heterocycles. The lowest BCUT2D eigenvalue weighted by Crippen LogP contribution is -2.34. The van der Waals surface area contributed by atoms with Gasteiger partial charge in [0.15, 0.2) is 0 Å². The summed E-state index contributed by atoms with van der Waals surface area (Å²) < 4.78 is 1.14. The zero-order valence-corrected chi connectivity index (χ0v) is 9.65. The van der Waals surface area contributed by atoms with E-state index in [9.17, 15) is 0 Å². The van der Waals surface area contributed by atoms with E-state index < -0.39 is 0 Å². The predicted molar refractivity (Wildman–Crippen MR) is 58.9 cm³/mol. The van der Waals surface area contributed by atoms with Crippen LogP contribution in [0.1, 0.15) is 6.92 Å². The average Bonchev–Trinajstić information content (AvgIpc) is 2.49. The Morgan fingerprint density at radius 1 is 1.75 bits per heavy atom. The van der Waals surface area contributed by atoms with Crippen molar-refractivity contribution in [3.05, 3.63) is 15.9 Å². The van der Waals surface area contributed by atoms with Crippen molar-refractivity contribution < 1.29 is 0 Å². The molecule has 0 amide bonds. The second kappa shape index (κ2) is 4.25. The van der Waals surface area contributed by atoms with E-state index in [2.05, 4.69) is 46.2 Å². The van der Waals surface area contributed by atoms with E-state index in [-0.39, 0.29) is 0 Å². The third-order valence-corrected chi connectivity index (χ3v) is 3.68. The first kappa shape index (κ1) is 10.0. The van der Waals surface area contributed by atoms with Crippen LogP contribution in [-0.4, -0.2) is 19.6 Å². The highest BCUT2D eigenvalue weighted by Gasteiger charge is 2.09. The number of rotatable bonds is 3. The molecule has 0 aromatic carbocycles. The summed E-state index contributed by atoms with van der Waals surface area (Å²) in [7, 11) is 2.07. The number of nitrogens with zero attached hydrogens (tertiary/aromatic N) is 1.